The number of anilines is 1. The number of rotatable bonds is 2. The molecule has 0 aromatic heterocycles. The van der Waals surface area contributed by atoms with Crippen LogP contribution >= 0.6 is 15.9 Å². The monoisotopic (exact) mass is 338 g/mol. The van der Waals surface area contributed by atoms with Crippen molar-refractivity contribution in [1.29, 1.82) is 0 Å². The molecule has 1 aromatic rings. The minimum atomic E-state index is -0.454. The van der Waals surface area contributed by atoms with E-state index in [9.17, 15) is 9.59 Å². The Hall–Kier alpha value is -1.36. The molecule has 1 aromatic carbocycles. The molecule has 0 aliphatic carbocycles. The van der Waals surface area contributed by atoms with Crippen molar-refractivity contribution in [2.75, 3.05) is 11.4 Å². The van der Waals surface area contributed by atoms with E-state index in [0.717, 1.165) is 15.7 Å². The molecule has 2 rings (SSSR count). The Kier molecular flexibility index (Phi) is 4.48. The number of halogens is 1. The number of hydrogen-bond acceptors (Lipinski definition) is 2. The topological polar surface area (TPSA) is 49.4 Å². The van der Waals surface area contributed by atoms with Crippen molar-refractivity contribution in [3.05, 3.63) is 28.2 Å². The Morgan fingerprint density at radius 2 is 2.05 bits per heavy atom. The minimum absolute atomic E-state index is 0.0402. The highest BCUT2D eigenvalue weighted by Gasteiger charge is 2.32. The highest BCUT2D eigenvalue weighted by molar-refractivity contribution is 9.10. The molecule has 0 radical (unpaired) electrons. The molecule has 20 heavy (non-hydrogen) atoms. The van der Waals surface area contributed by atoms with Crippen molar-refractivity contribution in [3.8, 4) is 0 Å². The molecular formula is C15H19BrN2O2. The van der Waals surface area contributed by atoms with Crippen LogP contribution in [0.1, 0.15) is 25.8 Å². The van der Waals surface area contributed by atoms with Crippen LogP contribution in [0.4, 0.5) is 5.69 Å². The fourth-order valence-electron chi connectivity index (χ4n) is 2.26. The van der Waals surface area contributed by atoms with E-state index >= 15 is 0 Å². The second-order valence-corrected chi connectivity index (χ2v) is 6.32. The fraction of sp³-hybridized carbons (Fsp3) is 0.467. The van der Waals surface area contributed by atoms with E-state index in [-0.39, 0.29) is 17.7 Å². The molecule has 1 fully saturated rings. The van der Waals surface area contributed by atoms with Crippen LogP contribution in [0, 0.1) is 12.8 Å². The summed E-state index contributed by atoms with van der Waals surface area (Å²) in [6, 6.07) is 5.37. The molecule has 1 saturated heterocycles. The highest BCUT2D eigenvalue weighted by atomic mass is 79.9. The average molecular weight is 339 g/mol. The molecule has 1 atom stereocenters. The number of carbonyl (C=O) groups excluding carboxylic acids is 2. The Balaban J connectivity index is 2.35. The van der Waals surface area contributed by atoms with Gasteiger partial charge in [0.2, 0.25) is 11.8 Å². The summed E-state index contributed by atoms with van der Waals surface area (Å²) >= 11 is 3.49. The quantitative estimate of drug-likeness (QED) is 0.901. The molecule has 108 valence electrons. The maximum absolute atomic E-state index is 12.6. The summed E-state index contributed by atoms with van der Waals surface area (Å²) in [6.45, 7) is 6.30. The van der Waals surface area contributed by atoms with Crippen LogP contribution in [0.15, 0.2) is 22.7 Å². The van der Waals surface area contributed by atoms with E-state index in [2.05, 4.69) is 21.2 Å². The zero-order valence-corrected chi connectivity index (χ0v) is 13.5. The number of benzene rings is 1. The van der Waals surface area contributed by atoms with E-state index in [4.69, 9.17) is 0 Å². The van der Waals surface area contributed by atoms with Crippen LogP contribution in [0.25, 0.3) is 0 Å². The lowest BCUT2D eigenvalue weighted by atomic mass is 10.0. The van der Waals surface area contributed by atoms with Gasteiger partial charge in [0.05, 0.1) is 0 Å². The van der Waals surface area contributed by atoms with Gasteiger partial charge in [-0.2, -0.15) is 0 Å². The largest absolute Gasteiger partial charge is 0.344 e. The first-order valence-corrected chi connectivity index (χ1v) is 7.56. The van der Waals surface area contributed by atoms with Gasteiger partial charge in [-0.25, -0.2) is 0 Å². The lowest BCUT2D eigenvalue weighted by Crippen LogP contribution is -2.47. The summed E-state index contributed by atoms with van der Waals surface area (Å²) in [5.41, 5.74) is 1.94. The van der Waals surface area contributed by atoms with Gasteiger partial charge in [0.15, 0.2) is 0 Å². The van der Waals surface area contributed by atoms with Crippen LogP contribution in [0.3, 0.4) is 0 Å². The zero-order chi connectivity index (χ0) is 14.9. The summed E-state index contributed by atoms with van der Waals surface area (Å²) in [7, 11) is 0. The Bertz CT molecular complexity index is 543. The van der Waals surface area contributed by atoms with Crippen molar-refractivity contribution < 1.29 is 9.59 Å². The number of nitrogens with zero attached hydrogens (tertiary/aromatic N) is 1. The van der Waals surface area contributed by atoms with Gasteiger partial charge in [0.25, 0.3) is 0 Å². The number of nitrogens with one attached hydrogen (secondary N) is 1. The third-order valence-corrected chi connectivity index (χ3v) is 4.40. The molecule has 1 heterocycles. The number of amides is 2. The molecule has 4 nitrogen and oxygen atoms in total. The number of aryl methyl sites for hydroxylation is 1. The molecule has 1 N–H and O–H groups in total. The van der Waals surface area contributed by atoms with E-state index in [1.807, 2.05) is 39.0 Å². The van der Waals surface area contributed by atoms with Crippen LogP contribution in [0.2, 0.25) is 0 Å². The first-order valence-electron chi connectivity index (χ1n) is 6.77. The summed E-state index contributed by atoms with van der Waals surface area (Å²) in [5.74, 6) is -0.0340. The van der Waals surface area contributed by atoms with Crippen molar-refractivity contribution in [1.82, 2.24) is 5.32 Å². The van der Waals surface area contributed by atoms with Crippen molar-refractivity contribution in [2.45, 2.75) is 33.2 Å². The van der Waals surface area contributed by atoms with E-state index in [1.54, 1.807) is 4.90 Å². The number of hydrogen-bond donors (Lipinski definition) is 1. The summed E-state index contributed by atoms with van der Waals surface area (Å²) in [5, 5.41) is 2.81. The van der Waals surface area contributed by atoms with Gasteiger partial charge < -0.3 is 10.2 Å². The molecule has 1 aliphatic rings. The first-order chi connectivity index (χ1) is 9.40. The highest BCUT2D eigenvalue weighted by Crippen LogP contribution is 2.25. The maximum atomic E-state index is 12.6. The SMILES string of the molecule is Cc1ccc(N2CCC(=O)NC(C(C)C)C2=O)cc1Br. The summed E-state index contributed by atoms with van der Waals surface area (Å²) in [4.78, 5) is 26.1. The van der Waals surface area contributed by atoms with E-state index < -0.39 is 6.04 Å². The van der Waals surface area contributed by atoms with Gasteiger partial charge in [-0.3, -0.25) is 9.59 Å². The Morgan fingerprint density at radius 3 is 2.65 bits per heavy atom. The second-order valence-electron chi connectivity index (χ2n) is 5.46. The molecule has 5 heteroatoms. The van der Waals surface area contributed by atoms with Gasteiger partial charge in [-0.15, -0.1) is 0 Å². The normalized spacial score (nSPS) is 20.1. The first kappa shape index (κ1) is 15.0. The Morgan fingerprint density at radius 1 is 1.35 bits per heavy atom. The summed E-state index contributed by atoms with van der Waals surface area (Å²) in [6.07, 6.45) is 0.334. The van der Waals surface area contributed by atoms with Crippen LogP contribution in [-0.2, 0) is 9.59 Å². The van der Waals surface area contributed by atoms with E-state index in [1.165, 1.54) is 0 Å². The average Bonchev–Trinajstić information content (AvgIpc) is 2.53. The van der Waals surface area contributed by atoms with Crippen molar-refractivity contribution in [2.24, 2.45) is 5.92 Å². The smallest absolute Gasteiger partial charge is 0.249 e. The molecule has 2 amide bonds. The fourth-order valence-corrected chi connectivity index (χ4v) is 2.62. The van der Waals surface area contributed by atoms with Crippen molar-refractivity contribution in [3.63, 3.8) is 0 Å². The standard InChI is InChI=1S/C15H19BrN2O2/c1-9(2)14-15(20)18(7-6-13(19)17-14)11-5-4-10(3)12(16)8-11/h4-5,8-9,14H,6-7H2,1-3H3,(H,17,19). The molecular weight excluding hydrogens is 320 g/mol. The van der Waals surface area contributed by atoms with Gasteiger partial charge in [0, 0.05) is 23.1 Å². The molecule has 0 spiro atoms. The lowest BCUT2D eigenvalue weighted by molar-refractivity contribution is -0.126. The maximum Gasteiger partial charge on any atom is 0.249 e. The van der Waals surface area contributed by atoms with E-state index in [0.29, 0.717) is 13.0 Å². The van der Waals surface area contributed by atoms with Gasteiger partial charge in [0.1, 0.15) is 6.04 Å². The van der Waals surface area contributed by atoms with Crippen LogP contribution in [-0.4, -0.2) is 24.4 Å². The number of carbonyl (C=O) groups is 2. The predicted molar refractivity (Wildman–Crippen MR) is 82.6 cm³/mol. The molecule has 0 saturated carbocycles. The third-order valence-electron chi connectivity index (χ3n) is 3.54. The van der Waals surface area contributed by atoms with Crippen LogP contribution in [0.5, 0.6) is 0 Å². The summed E-state index contributed by atoms with van der Waals surface area (Å²) < 4.78 is 0.965. The predicted octanol–water partition coefficient (Wildman–Crippen LogP) is 2.64. The molecule has 1 aliphatic heterocycles. The Labute approximate surface area is 127 Å². The second kappa shape index (κ2) is 5.95. The zero-order valence-electron chi connectivity index (χ0n) is 11.9. The van der Waals surface area contributed by atoms with Crippen LogP contribution < -0.4 is 10.2 Å². The van der Waals surface area contributed by atoms with Gasteiger partial charge in [-0.1, -0.05) is 35.8 Å². The minimum Gasteiger partial charge on any atom is -0.344 e. The van der Waals surface area contributed by atoms with Gasteiger partial charge >= 0.3 is 0 Å². The molecule has 0 bridgehead atoms. The molecule has 1 unspecified atom stereocenters. The van der Waals surface area contributed by atoms with Gasteiger partial charge in [-0.05, 0) is 30.5 Å². The lowest BCUT2D eigenvalue weighted by Gasteiger charge is -2.26. The van der Waals surface area contributed by atoms with Crippen molar-refractivity contribution >= 4 is 33.4 Å². The third kappa shape index (κ3) is 3.03.